The van der Waals surface area contributed by atoms with Gasteiger partial charge in [0, 0.05) is 42.9 Å². The van der Waals surface area contributed by atoms with E-state index in [-0.39, 0.29) is 17.7 Å². The van der Waals surface area contributed by atoms with Crippen LogP contribution in [-0.4, -0.2) is 36.2 Å². The summed E-state index contributed by atoms with van der Waals surface area (Å²) >= 11 is 0. The average molecular weight is 441 g/mol. The van der Waals surface area contributed by atoms with E-state index in [1.165, 1.54) is 4.40 Å². The van der Waals surface area contributed by atoms with Gasteiger partial charge < -0.3 is 10.6 Å². The summed E-state index contributed by atoms with van der Waals surface area (Å²) in [6.07, 6.45) is 5.61. The molecule has 0 bridgehead atoms. The fraction of sp³-hybridized carbons (Fsp3) is 0.318. The first-order valence-electron chi connectivity index (χ1n) is 10.5. The van der Waals surface area contributed by atoms with Gasteiger partial charge in [0.05, 0.1) is 5.69 Å². The average Bonchev–Trinajstić information content (AvgIpc) is 3.46. The number of rotatable bonds is 5. The predicted molar refractivity (Wildman–Crippen MR) is 115 cm³/mol. The minimum atomic E-state index is -4.46. The third kappa shape index (κ3) is 4.25. The molecule has 0 amide bonds. The number of nitrogens with one attached hydrogen (secondary N) is 2. The van der Waals surface area contributed by atoms with Crippen LogP contribution in [0.3, 0.4) is 0 Å². The predicted octanol–water partition coefficient (Wildman–Crippen LogP) is 4.77. The highest BCUT2D eigenvalue weighted by atomic mass is 19.4. The molecule has 1 saturated carbocycles. The zero-order valence-electron chi connectivity index (χ0n) is 17.1. The zero-order valence-corrected chi connectivity index (χ0v) is 17.1. The second-order valence-electron chi connectivity index (χ2n) is 7.95. The minimum Gasteiger partial charge on any atom is -0.368 e. The Bertz CT molecular complexity index is 1190. The van der Waals surface area contributed by atoms with Crippen LogP contribution in [0.25, 0.3) is 11.3 Å². The molecule has 4 aromatic heterocycles. The van der Waals surface area contributed by atoms with Gasteiger partial charge in [-0.2, -0.15) is 18.3 Å². The summed E-state index contributed by atoms with van der Waals surface area (Å²) in [7, 11) is 0. The number of imidazole rings is 1. The van der Waals surface area contributed by atoms with Crippen LogP contribution in [0.1, 0.15) is 31.4 Å². The molecule has 7 nitrogen and oxygen atoms in total. The van der Waals surface area contributed by atoms with E-state index in [4.69, 9.17) is 0 Å². The van der Waals surface area contributed by atoms with Crippen LogP contribution in [0.4, 0.5) is 24.8 Å². The number of pyridine rings is 2. The Morgan fingerprint density at radius 2 is 1.72 bits per heavy atom. The quantitative estimate of drug-likeness (QED) is 0.467. The molecule has 0 aliphatic heterocycles. The van der Waals surface area contributed by atoms with Crippen LogP contribution in [0.2, 0.25) is 0 Å². The maximum Gasteiger partial charge on any atom is 0.434 e. The Morgan fingerprint density at radius 3 is 2.44 bits per heavy atom. The molecule has 2 N–H and O–H groups in total. The summed E-state index contributed by atoms with van der Waals surface area (Å²) in [5.41, 5.74) is 0.333. The summed E-state index contributed by atoms with van der Waals surface area (Å²) in [5, 5.41) is 11.1. The SMILES string of the molecule is FC(F)(F)c1cn2c(NC3CCC(Nc4cc(-n5cccn5)ccn4)CC3)cccc2n1. The fourth-order valence-electron chi connectivity index (χ4n) is 4.13. The highest BCUT2D eigenvalue weighted by Crippen LogP contribution is 2.30. The molecule has 0 spiro atoms. The first kappa shape index (κ1) is 20.3. The highest BCUT2D eigenvalue weighted by molar-refractivity contribution is 5.52. The van der Waals surface area contributed by atoms with Crippen molar-refractivity contribution in [2.45, 2.75) is 43.9 Å². The van der Waals surface area contributed by atoms with Crippen molar-refractivity contribution < 1.29 is 13.2 Å². The monoisotopic (exact) mass is 441 g/mol. The van der Waals surface area contributed by atoms with Crippen molar-refractivity contribution in [2.24, 2.45) is 0 Å². The number of halogens is 3. The van der Waals surface area contributed by atoms with E-state index >= 15 is 0 Å². The van der Waals surface area contributed by atoms with Crippen molar-refractivity contribution in [3.8, 4) is 5.69 Å². The number of hydrogen-bond donors (Lipinski definition) is 2. The van der Waals surface area contributed by atoms with Crippen LogP contribution in [0.15, 0.2) is 61.2 Å². The number of fused-ring (bicyclic) bond motifs is 1. The van der Waals surface area contributed by atoms with E-state index in [1.807, 2.05) is 24.4 Å². The van der Waals surface area contributed by atoms with Crippen LogP contribution in [0, 0.1) is 0 Å². The first-order valence-corrected chi connectivity index (χ1v) is 10.5. The summed E-state index contributed by atoms with van der Waals surface area (Å²) in [6, 6.07) is 11.3. The smallest absolute Gasteiger partial charge is 0.368 e. The molecule has 1 fully saturated rings. The first-order chi connectivity index (χ1) is 15.5. The van der Waals surface area contributed by atoms with Crippen LogP contribution >= 0.6 is 0 Å². The third-order valence-corrected chi connectivity index (χ3v) is 5.73. The largest absolute Gasteiger partial charge is 0.434 e. The molecule has 1 aliphatic rings. The van der Waals surface area contributed by atoms with Crippen LogP contribution in [0.5, 0.6) is 0 Å². The Balaban J connectivity index is 1.21. The van der Waals surface area contributed by atoms with Gasteiger partial charge in [-0.25, -0.2) is 14.6 Å². The Hall–Kier alpha value is -3.56. The molecule has 10 heteroatoms. The molecule has 0 aromatic carbocycles. The summed E-state index contributed by atoms with van der Waals surface area (Å²) in [6.45, 7) is 0. The van der Waals surface area contributed by atoms with Gasteiger partial charge in [0.1, 0.15) is 17.3 Å². The van der Waals surface area contributed by atoms with E-state index < -0.39 is 11.9 Å². The van der Waals surface area contributed by atoms with Crippen molar-refractivity contribution in [3.05, 3.63) is 66.9 Å². The minimum absolute atomic E-state index is 0.179. The van der Waals surface area contributed by atoms with Crippen LogP contribution in [-0.2, 0) is 6.18 Å². The lowest BCUT2D eigenvalue weighted by Gasteiger charge is -2.30. The topological polar surface area (TPSA) is 72.1 Å². The maximum atomic E-state index is 13.0. The van der Waals surface area contributed by atoms with Gasteiger partial charge in [-0.05, 0) is 49.9 Å². The lowest BCUT2D eigenvalue weighted by molar-refractivity contribution is -0.140. The van der Waals surface area contributed by atoms with Crippen molar-refractivity contribution >= 4 is 17.3 Å². The lowest BCUT2D eigenvalue weighted by Crippen LogP contribution is -2.33. The van der Waals surface area contributed by atoms with E-state index in [2.05, 4.69) is 25.7 Å². The second kappa shape index (κ2) is 8.18. The highest BCUT2D eigenvalue weighted by Gasteiger charge is 2.34. The molecule has 5 rings (SSSR count). The van der Waals surface area contributed by atoms with Gasteiger partial charge in [0.15, 0.2) is 5.69 Å². The molecular formula is C22H22F3N7. The molecule has 0 saturated heterocycles. The maximum absolute atomic E-state index is 13.0. The van der Waals surface area contributed by atoms with Gasteiger partial charge in [-0.1, -0.05) is 6.07 Å². The molecule has 166 valence electrons. The van der Waals surface area contributed by atoms with E-state index in [0.717, 1.165) is 43.4 Å². The normalized spacial score (nSPS) is 19.2. The van der Waals surface area contributed by atoms with Crippen molar-refractivity contribution in [2.75, 3.05) is 10.6 Å². The zero-order chi connectivity index (χ0) is 22.1. The number of alkyl halides is 3. The molecular weight excluding hydrogens is 419 g/mol. The van der Waals surface area contributed by atoms with Gasteiger partial charge in [-0.3, -0.25) is 4.40 Å². The standard InChI is InChI=1S/C22H22F3N7/c23-22(24,25)18-14-31-20(3-1-4-21(31)30-18)29-16-7-5-15(6-8-16)28-19-13-17(9-11-26-19)32-12-2-10-27-32/h1-4,9-16,29H,5-8H2,(H,26,28). The molecule has 1 aliphatic carbocycles. The van der Waals surface area contributed by atoms with E-state index in [0.29, 0.717) is 5.82 Å². The van der Waals surface area contributed by atoms with Gasteiger partial charge in [-0.15, -0.1) is 0 Å². The molecule has 4 aromatic rings. The summed E-state index contributed by atoms with van der Waals surface area (Å²) < 4.78 is 42.3. The van der Waals surface area contributed by atoms with Crippen molar-refractivity contribution in [3.63, 3.8) is 0 Å². The number of aromatic nitrogens is 5. The van der Waals surface area contributed by atoms with E-state index in [9.17, 15) is 13.2 Å². The molecule has 0 unspecified atom stereocenters. The molecule has 0 atom stereocenters. The Labute approximate surface area is 182 Å². The lowest BCUT2D eigenvalue weighted by atomic mass is 9.91. The van der Waals surface area contributed by atoms with Crippen molar-refractivity contribution in [1.29, 1.82) is 0 Å². The Kier molecular flexibility index (Phi) is 5.20. The van der Waals surface area contributed by atoms with Crippen LogP contribution < -0.4 is 10.6 Å². The number of anilines is 2. The molecule has 0 radical (unpaired) electrons. The number of hydrogen-bond acceptors (Lipinski definition) is 5. The summed E-state index contributed by atoms with van der Waals surface area (Å²) in [4.78, 5) is 8.11. The molecule has 32 heavy (non-hydrogen) atoms. The fourth-order valence-corrected chi connectivity index (χ4v) is 4.13. The van der Waals surface area contributed by atoms with E-state index in [1.54, 1.807) is 35.3 Å². The Morgan fingerprint density at radius 1 is 0.938 bits per heavy atom. The second-order valence-corrected chi connectivity index (χ2v) is 7.95. The van der Waals surface area contributed by atoms with Gasteiger partial charge in [0.2, 0.25) is 0 Å². The van der Waals surface area contributed by atoms with Gasteiger partial charge in [0.25, 0.3) is 0 Å². The third-order valence-electron chi connectivity index (χ3n) is 5.73. The summed E-state index contributed by atoms with van der Waals surface area (Å²) in [5.74, 6) is 1.42. The number of nitrogens with zero attached hydrogens (tertiary/aromatic N) is 5. The van der Waals surface area contributed by atoms with Gasteiger partial charge >= 0.3 is 6.18 Å². The van der Waals surface area contributed by atoms with Crippen molar-refractivity contribution in [1.82, 2.24) is 24.1 Å². The molecule has 4 heterocycles.